The molecular weight excluding hydrogens is 349 g/mol. The van der Waals surface area contributed by atoms with Crippen LogP contribution < -0.4 is 5.32 Å². The Bertz CT molecular complexity index is 850. The molecule has 6 nitrogen and oxygen atoms in total. The van der Waals surface area contributed by atoms with Crippen LogP contribution in [0, 0.1) is 12.7 Å². The number of halogens is 2. The molecular formula is C17H17ClFN3O3. The number of rotatable bonds is 4. The Labute approximate surface area is 148 Å². The van der Waals surface area contributed by atoms with Crippen molar-refractivity contribution in [3.63, 3.8) is 0 Å². The van der Waals surface area contributed by atoms with E-state index in [0.717, 1.165) is 5.56 Å². The number of hydrogen-bond donors (Lipinski definition) is 1. The molecule has 1 aliphatic rings. The average molecular weight is 366 g/mol. The van der Waals surface area contributed by atoms with Gasteiger partial charge in [0, 0.05) is 22.9 Å². The number of esters is 1. The fourth-order valence-corrected chi connectivity index (χ4v) is 3.41. The van der Waals surface area contributed by atoms with Crippen molar-refractivity contribution in [3.8, 4) is 0 Å². The normalized spacial score (nSPS) is 16.3. The highest BCUT2D eigenvalue weighted by Gasteiger charge is 2.33. The molecule has 0 spiro atoms. The first kappa shape index (κ1) is 17.4. The van der Waals surface area contributed by atoms with Crippen LogP contribution in [0.5, 0.6) is 0 Å². The number of anilines is 1. The number of aryl methyl sites for hydroxylation is 1. The summed E-state index contributed by atoms with van der Waals surface area (Å²) in [5.74, 6) is -1.00. The number of carbonyl (C=O) groups excluding carboxylic acids is 2. The first-order valence-electron chi connectivity index (χ1n) is 7.88. The Balaban J connectivity index is 2.05. The largest absolute Gasteiger partial charge is 0.465 e. The molecule has 1 aliphatic heterocycles. The molecule has 1 aromatic heterocycles. The van der Waals surface area contributed by atoms with Crippen molar-refractivity contribution in [1.82, 2.24) is 9.78 Å². The lowest BCUT2D eigenvalue weighted by Crippen LogP contribution is -2.26. The van der Waals surface area contributed by atoms with Crippen molar-refractivity contribution < 1.29 is 18.7 Å². The Hall–Kier alpha value is -2.41. The maximum atomic E-state index is 13.4. The van der Waals surface area contributed by atoms with Crippen LogP contribution in [-0.2, 0) is 20.9 Å². The number of amides is 1. The van der Waals surface area contributed by atoms with Crippen LogP contribution >= 0.6 is 11.6 Å². The predicted molar refractivity (Wildman–Crippen MR) is 90.1 cm³/mol. The summed E-state index contributed by atoms with van der Waals surface area (Å²) in [4.78, 5) is 23.9. The molecule has 1 N–H and O–H groups in total. The Morgan fingerprint density at radius 3 is 2.96 bits per heavy atom. The molecule has 2 aromatic rings. The number of nitrogens with zero attached hydrogens (tertiary/aromatic N) is 2. The predicted octanol–water partition coefficient (Wildman–Crippen LogP) is 3.02. The number of carbonyl (C=O) groups is 2. The molecule has 3 rings (SSSR count). The van der Waals surface area contributed by atoms with Gasteiger partial charge in [-0.3, -0.25) is 9.59 Å². The zero-order chi connectivity index (χ0) is 18.1. The third kappa shape index (κ3) is 3.37. The van der Waals surface area contributed by atoms with E-state index in [0.29, 0.717) is 17.1 Å². The second kappa shape index (κ2) is 6.84. The summed E-state index contributed by atoms with van der Waals surface area (Å²) in [6.45, 7) is 3.67. The van der Waals surface area contributed by atoms with Gasteiger partial charge in [0.2, 0.25) is 5.91 Å². The van der Waals surface area contributed by atoms with Gasteiger partial charge in [-0.1, -0.05) is 17.7 Å². The van der Waals surface area contributed by atoms with Crippen LogP contribution in [0.15, 0.2) is 18.2 Å². The molecule has 0 saturated carbocycles. The molecule has 132 valence electrons. The molecule has 25 heavy (non-hydrogen) atoms. The zero-order valence-electron chi connectivity index (χ0n) is 13.8. The first-order valence-corrected chi connectivity index (χ1v) is 8.26. The van der Waals surface area contributed by atoms with Crippen molar-refractivity contribution in [2.24, 2.45) is 0 Å². The lowest BCUT2D eigenvalue weighted by atomic mass is 9.86. The maximum absolute atomic E-state index is 13.4. The highest BCUT2D eigenvalue weighted by molar-refractivity contribution is 6.31. The van der Waals surface area contributed by atoms with Crippen molar-refractivity contribution in [3.05, 3.63) is 45.9 Å². The first-order chi connectivity index (χ1) is 11.9. The van der Waals surface area contributed by atoms with E-state index >= 15 is 0 Å². The second-order valence-electron chi connectivity index (χ2n) is 5.78. The van der Waals surface area contributed by atoms with Gasteiger partial charge in [-0.25, -0.2) is 9.07 Å². The minimum Gasteiger partial charge on any atom is -0.465 e. The van der Waals surface area contributed by atoms with E-state index in [9.17, 15) is 14.0 Å². The minimum atomic E-state index is -0.441. The van der Waals surface area contributed by atoms with Gasteiger partial charge in [0.25, 0.3) is 0 Å². The van der Waals surface area contributed by atoms with Gasteiger partial charge in [-0.05, 0) is 31.5 Å². The smallest absolute Gasteiger partial charge is 0.327 e. The molecule has 1 aromatic carbocycles. The van der Waals surface area contributed by atoms with Crippen LogP contribution in [0.25, 0.3) is 0 Å². The Kier molecular flexibility index (Phi) is 4.76. The third-order valence-corrected chi connectivity index (χ3v) is 4.42. The lowest BCUT2D eigenvalue weighted by molar-refractivity contribution is -0.144. The number of hydrogen-bond acceptors (Lipinski definition) is 4. The number of aromatic nitrogens is 2. The van der Waals surface area contributed by atoms with Crippen molar-refractivity contribution in [2.75, 3.05) is 11.9 Å². The van der Waals surface area contributed by atoms with E-state index in [-0.39, 0.29) is 36.4 Å². The quantitative estimate of drug-likeness (QED) is 0.845. The summed E-state index contributed by atoms with van der Waals surface area (Å²) in [7, 11) is 0. The summed E-state index contributed by atoms with van der Waals surface area (Å²) in [6, 6.07) is 4.11. The van der Waals surface area contributed by atoms with Gasteiger partial charge in [-0.15, -0.1) is 0 Å². The van der Waals surface area contributed by atoms with Crippen molar-refractivity contribution >= 4 is 29.3 Å². The number of ether oxygens (including phenoxy) is 1. The van der Waals surface area contributed by atoms with Gasteiger partial charge in [-0.2, -0.15) is 5.10 Å². The van der Waals surface area contributed by atoms with E-state index in [2.05, 4.69) is 10.4 Å². The lowest BCUT2D eigenvalue weighted by Gasteiger charge is -2.25. The van der Waals surface area contributed by atoms with E-state index in [4.69, 9.17) is 16.3 Å². The second-order valence-corrected chi connectivity index (χ2v) is 6.19. The molecule has 0 unspecified atom stereocenters. The van der Waals surface area contributed by atoms with E-state index < -0.39 is 11.8 Å². The molecule has 8 heteroatoms. The highest BCUT2D eigenvalue weighted by atomic mass is 35.5. The molecule has 0 fully saturated rings. The Morgan fingerprint density at radius 2 is 2.28 bits per heavy atom. The van der Waals surface area contributed by atoms with Crippen LogP contribution in [0.3, 0.4) is 0 Å². The van der Waals surface area contributed by atoms with Crippen LogP contribution in [0.1, 0.15) is 36.1 Å². The summed E-state index contributed by atoms with van der Waals surface area (Å²) in [5.41, 5.74) is 2.10. The molecule has 0 aliphatic carbocycles. The van der Waals surface area contributed by atoms with Crippen LogP contribution in [-0.4, -0.2) is 28.3 Å². The monoisotopic (exact) mass is 365 g/mol. The van der Waals surface area contributed by atoms with E-state index in [1.54, 1.807) is 19.9 Å². The molecule has 2 heterocycles. The fraction of sp³-hybridized carbons (Fsp3) is 0.353. The molecule has 1 atom stereocenters. The van der Waals surface area contributed by atoms with Gasteiger partial charge >= 0.3 is 5.97 Å². The van der Waals surface area contributed by atoms with Crippen molar-refractivity contribution in [1.29, 1.82) is 0 Å². The molecule has 1 amide bonds. The maximum Gasteiger partial charge on any atom is 0.327 e. The molecule has 0 saturated heterocycles. The average Bonchev–Trinajstić information content (AvgIpc) is 2.83. The van der Waals surface area contributed by atoms with Crippen molar-refractivity contribution in [2.45, 2.75) is 32.7 Å². The summed E-state index contributed by atoms with van der Waals surface area (Å²) in [5, 5.41) is 7.37. The topological polar surface area (TPSA) is 73.2 Å². The number of benzene rings is 1. The van der Waals surface area contributed by atoms with Gasteiger partial charge in [0.15, 0.2) is 0 Å². The minimum absolute atomic E-state index is 0.103. The van der Waals surface area contributed by atoms with Crippen LogP contribution in [0.2, 0.25) is 5.02 Å². The van der Waals surface area contributed by atoms with Crippen LogP contribution in [0.4, 0.5) is 10.2 Å². The fourth-order valence-electron chi connectivity index (χ4n) is 3.11. The number of fused-ring (bicyclic) bond motifs is 1. The highest BCUT2D eigenvalue weighted by Crippen LogP contribution is 2.41. The standard InChI is InChI=1S/C17H17ClFN3O3/c1-3-25-15(24)8-22-17-16(9(2)21-22)12(7-14(23)20-17)11-5-4-10(19)6-13(11)18/h4-6,12H,3,7-8H2,1-2H3,(H,20,23)/t12-/m0/s1. The summed E-state index contributed by atoms with van der Waals surface area (Å²) in [6.07, 6.45) is 0.171. The van der Waals surface area contributed by atoms with Gasteiger partial charge in [0.05, 0.1) is 12.3 Å². The third-order valence-electron chi connectivity index (χ3n) is 4.09. The van der Waals surface area contributed by atoms with E-state index in [1.807, 2.05) is 0 Å². The number of nitrogens with one attached hydrogen (secondary N) is 1. The van der Waals surface area contributed by atoms with E-state index in [1.165, 1.54) is 16.8 Å². The molecule has 0 radical (unpaired) electrons. The SMILES string of the molecule is CCOC(=O)Cn1nc(C)c2c1NC(=O)C[C@H]2c1ccc(F)cc1Cl. The summed E-state index contributed by atoms with van der Waals surface area (Å²) < 4.78 is 19.7. The zero-order valence-corrected chi connectivity index (χ0v) is 14.6. The Morgan fingerprint density at radius 1 is 1.52 bits per heavy atom. The summed E-state index contributed by atoms with van der Waals surface area (Å²) >= 11 is 6.19. The van der Waals surface area contributed by atoms with Gasteiger partial charge < -0.3 is 10.1 Å². The molecule has 0 bridgehead atoms. The van der Waals surface area contributed by atoms with Gasteiger partial charge in [0.1, 0.15) is 18.2 Å².